The second kappa shape index (κ2) is 5.05. The van der Waals surface area contributed by atoms with E-state index in [4.69, 9.17) is 4.74 Å². The summed E-state index contributed by atoms with van der Waals surface area (Å²) in [5, 5.41) is 3.36. The Morgan fingerprint density at radius 1 is 1.00 bits per heavy atom. The Morgan fingerprint density at radius 2 is 1.72 bits per heavy atom. The molecule has 3 aliphatic heterocycles. The van der Waals surface area contributed by atoms with Gasteiger partial charge in [-0.2, -0.15) is 17.0 Å². The molecule has 3 fully saturated rings. The lowest BCUT2D eigenvalue weighted by atomic mass is 9.90. The van der Waals surface area contributed by atoms with Crippen LogP contribution in [0.4, 0.5) is 0 Å². The number of piperidine rings is 1. The highest BCUT2D eigenvalue weighted by Gasteiger charge is 2.39. The predicted molar refractivity (Wildman–Crippen MR) is 67.4 cm³/mol. The molecule has 6 nitrogen and oxygen atoms in total. The molecule has 3 heterocycles. The second-order valence-corrected chi connectivity index (χ2v) is 7.27. The molecule has 104 valence electrons. The normalized spacial score (nSPS) is 35.6. The van der Waals surface area contributed by atoms with Crippen molar-refractivity contribution in [2.45, 2.75) is 6.42 Å². The summed E-state index contributed by atoms with van der Waals surface area (Å²) in [4.78, 5) is 0. The Bertz CT molecular complexity index is 394. The van der Waals surface area contributed by atoms with E-state index < -0.39 is 10.2 Å². The average molecular weight is 275 g/mol. The number of morpholine rings is 1. The molecule has 2 unspecified atom stereocenters. The van der Waals surface area contributed by atoms with Gasteiger partial charge in [-0.15, -0.1) is 0 Å². The Balaban J connectivity index is 1.69. The zero-order valence-electron chi connectivity index (χ0n) is 10.5. The van der Waals surface area contributed by atoms with Crippen molar-refractivity contribution in [2.75, 3.05) is 52.5 Å². The van der Waals surface area contributed by atoms with Gasteiger partial charge in [-0.25, -0.2) is 0 Å². The molecular weight excluding hydrogens is 254 g/mol. The average Bonchev–Trinajstić information content (AvgIpc) is 2.87. The lowest BCUT2D eigenvalue weighted by molar-refractivity contribution is 0.0686. The molecule has 3 rings (SSSR count). The summed E-state index contributed by atoms with van der Waals surface area (Å²) in [5.41, 5.74) is 0. The second-order valence-electron chi connectivity index (χ2n) is 5.34. The molecule has 0 radical (unpaired) electrons. The first kappa shape index (κ1) is 12.8. The molecule has 0 saturated carbocycles. The van der Waals surface area contributed by atoms with Gasteiger partial charge in [-0.3, -0.25) is 0 Å². The third kappa shape index (κ3) is 2.30. The van der Waals surface area contributed by atoms with Gasteiger partial charge < -0.3 is 10.1 Å². The highest BCUT2D eigenvalue weighted by Crippen LogP contribution is 2.28. The van der Waals surface area contributed by atoms with E-state index in [0.717, 1.165) is 19.5 Å². The van der Waals surface area contributed by atoms with Crippen molar-refractivity contribution in [3.8, 4) is 0 Å². The predicted octanol–water partition coefficient (Wildman–Crippen LogP) is -0.895. The molecular formula is C11H21N3O3S. The molecule has 3 saturated heterocycles. The van der Waals surface area contributed by atoms with Gasteiger partial charge in [0.1, 0.15) is 0 Å². The molecule has 0 amide bonds. The van der Waals surface area contributed by atoms with Gasteiger partial charge in [-0.1, -0.05) is 0 Å². The fourth-order valence-corrected chi connectivity index (χ4v) is 4.80. The Kier molecular flexibility index (Phi) is 3.59. The van der Waals surface area contributed by atoms with Crippen LogP contribution in [-0.4, -0.2) is 69.5 Å². The number of nitrogens with zero attached hydrogens (tertiary/aromatic N) is 2. The number of hydrogen-bond donors (Lipinski definition) is 1. The van der Waals surface area contributed by atoms with Crippen molar-refractivity contribution >= 4 is 10.2 Å². The van der Waals surface area contributed by atoms with E-state index in [9.17, 15) is 8.42 Å². The number of nitrogens with one attached hydrogen (secondary N) is 1. The van der Waals surface area contributed by atoms with Crippen LogP contribution in [0.25, 0.3) is 0 Å². The van der Waals surface area contributed by atoms with Gasteiger partial charge in [0.15, 0.2) is 0 Å². The van der Waals surface area contributed by atoms with Gasteiger partial charge in [-0.05, 0) is 31.3 Å². The van der Waals surface area contributed by atoms with Crippen LogP contribution in [0.2, 0.25) is 0 Å². The van der Waals surface area contributed by atoms with Crippen molar-refractivity contribution in [1.82, 2.24) is 13.9 Å². The van der Waals surface area contributed by atoms with E-state index in [2.05, 4.69) is 5.32 Å². The maximum Gasteiger partial charge on any atom is 0.282 e. The molecule has 0 aliphatic carbocycles. The number of rotatable bonds is 2. The molecule has 0 aromatic rings. The Labute approximate surface area is 108 Å². The largest absolute Gasteiger partial charge is 0.379 e. The van der Waals surface area contributed by atoms with Crippen LogP contribution in [0, 0.1) is 11.8 Å². The van der Waals surface area contributed by atoms with Crippen molar-refractivity contribution in [1.29, 1.82) is 0 Å². The molecule has 2 atom stereocenters. The van der Waals surface area contributed by atoms with E-state index in [-0.39, 0.29) is 0 Å². The van der Waals surface area contributed by atoms with Crippen LogP contribution in [0.15, 0.2) is 0 Å². The quantitative estimate of drug-likeness (QED) is 0.710. The topological polar surface area (TPSA) is 61.9 Å². The maximum absolute atomic E-state index is 12.5. The van der Waals surface area contributed by atoms with Crippen molar-refractivity contribution in [3.05, 3.63) is 0 Å². The molecule has 0 spiro atoms. The Hall–Kier alpha value is -0.210. The van der Waals surface area contributed by atoms with Crippen LogP contribution in [0.1, 0.15) is 6.42 Å². The fourth-order valence-electron chi connectivity index (χ4n) is 3.15. The summed E-state index contributed by atoms with van der Waals surface area (Å²) in [6.45, 7) is 5.37. The lowest BCUT2D eigenvalue weighted by Gasteiger charge is -2.37. The lowest BCUT2D eigenvalue weighted by Crippen LogP contribution is -2.52. The van der Waals surface area contributed by atoms with E-state index in [1.165, 1.54) is 0 Å². The summed E-state index contributed by atoms with van der Waals surface area (Å²) in [5.74, 6) is 1.16. The first-order chi connectivity index (χ1) is 8.68. The van der Waals surface area contributed by atoms with Crippen molar-refractivity contribution in [3.63, 3.8) is 0 Å². The molecule has 18 heavy (non-hydrogen) atoms. The van der Waals surface area contributed by atoms with Crippen molar-refractivity contribution in [2.24, 2.45) is 11.8 Å². The van der Waals surface area contributed by atoms with Crippen LogP contribution >= 0.6 is 0 Å². The van der Waals surface area contributed by atoms with Crippen LogP contribution in [-0.2, 0) is 14.9 Å². The van der Waals surface area contributed by atoms with Gasteiger partial charge in [0.2, 0.25) is 0 Å². The highest BCUT2D eigenvalue weighted by atomic mass is 32.2. The SMILES string of the molecule is O=S(=O)(N1CCOCC1)N1CCC2CNCC2C1. The molecule has 0 bridgehead atoms. The van der Waals surface area contributed by atoms with Crippen molar-refractivity contribution < 1.29 is 13.2 Å². The maximum atomic E-state index is 12.5. The minimum Gasteiger partial charge on any atom is -0.379 e. The zero-order valence-corrected chi connectivity index (χ0v) is 11.4. The molecule has 0 aromatic carbocycles. The molecule has 3 aliphatic rings. The fraction of sp³-hybridized carbons (Fsp3) is 1.00. The third-order valence-electron chi connectivity index (χ3n) is 4.29. The number of fused-ring (bicyclic) bond motifs is 1. The minimum atomic E-state index is -3.26. The standard InChI is InChI=1S/C11H21N3O3S/c15-18(16,13-3-5-17-6-4-13)14-2-1-10-7-12-8-11(10)9-14/h10-12H,1-9H2. The monoisotopic (exact) mass is 275 g/mol. The summed E-state index contributed by atoms with van der Waals surface area (Å²) in [7, 11) is -3.26. The first-order valence-corrected chi connectivity index (χ1v) is 8.11. The highest BCUT2D eigenvalue weighted by molar-refractivity contribution is 7.86. The third-order valence-corrected chi connectivity index (χ3v) is 6.29. The van der Waals surface area contributed by atoms with Gasteiger partial charge in [0.05, 0.1) is 13.2 Å². The zero-order chi connectivity index (χ0) is 12.6. The number of hydrogen-bond acceptors (Lipinski definition) is 4. The van der Waals surface area contributed by atoms with Gasteiger partial charge in [0, 0.05) is 26.2 Å². The van der Waals surface area contributed by atoms with Gasteiger partial charge in [0.25, 0.3) is 10.2 Å². The number of ether oxygens (including phenoxy) is 1. The Morgan fingerprint density at radius 3 is 2.50 bits per heavy atom. The first-order valence-electron chi connectivity index (χ1n) is 6.71. The summed E-state index contributed by atoms with van der Waals surface area (Å²) >= 11 is 0. The molecule has 1 N–H and O–H groups in total. The van der Waals surface area contributed by atoms with E-state index in [1.54, 1.807) is 8.61 Å². The van der Waals surface area contributed by atoms with E-state index >= 15 is 0 Å². The van der Waals surface area contributed by atoms with Crippen LogP contribution in [0.5, 0.6) is 0 Å². The summed E-state index contributed by atoms with van der Waals surface area (Å²) in [6.07, 6.45) is 0.987. The molecule has 0 aromatic heterocycles. The minimum absolute atomic E-state index is 0.491. The summed E-state index contributed by atoms with van der Waals surface area (Å²) in [6, 6.07) is 0. The molecule has 7 heteroatoms. The van der Waals surface area contributed by atoms with E-state index in [1.807, 2.05) is 0 Å². The summed E-state index contributed by atoms with van der Waals surface area (Å²) < 4.78 is 33.5. The van der Waals surface area contributed by atoms with Gasteiger partial charge >= 0.3 is 0 Å². The van der Waals surface area contributed by atoms with Crippen LogP contribution < -0.4 is 5.32 Å². The smallest absolute Gasteiger partial charge is 0.282 e. The van der Waals surface area contributed by atoms with Crippen LogP contribution in [0.3, 0.4) is 0 Å². The van der Waals surface area contributed by atoms with E-state index in [0.29, 0.717) is 51.2 Å².